The zero-order chi connectivity index (χ0) is 19.2. The van der Waals surface area contributed by atoms with Gasteiger partial charge in [-0.3, -0.25) is 4.79 Å². The highest BCUT2D eigenvalue weighted by Crippen LogP contribution is 2.34. The second kappa shape index (κ2) is 8.71. The van der Waals surface area contributed by atoms with E-state index in [1.807, 2.05) is 19.1 Å². The van der Waals surface area contributed by atoms with E-state index in [0.29, 0.717) is 12.2 Å². The highest BCUT2D eigenvalue weighted by Gasteiger charge is 2.19. The standard InChI is InChI=1S/C22H25FN2O2/c1-3-12-25-13-14-27-21-10-8-18(15-20(21)25)16(2)24-22(26)11-9-17-6-4-5-7-19(17)23/h4-11,15-16H,3,12-14H2,1-2H3,(H,24,26)/b11-9+. The molecule has 1 aliphatic heterocycles. The first kappa shape index (κ1) is 19.0. The van der Waals surface area contributed by atoms with Crippen LogP contribution in [-0.4, -0.2) is 25.6 Å². The van der Waals surface area contributed by atoms with Gasteiger partial charge in [0.1, 0.15) is 18.2 Å². The third-order valence-electron chi connectivity index (χ3n) is 4.61. The molecule has 0 bridgehead atoms. The maximum atomic E-state index is 13.6. The van der Waals surface area contributed by atoms with Gasteiger partial charge in [0.25, 0.3) is 0 Å². The van der Waals surface area contributed by atoms with Crippen LogP contribution in [0.2, 0.25) is 0 Å². The third-order valence-corrected chi connectivity index (χ3v) is 4.61. The highest BCUT2D eigenvalue weighted by atomic mass is 19.1. The summed E-state index contributed by atoms with van der Waals surface area (Å²) in [6.07, 6.45) is 3.91. The van der Waals surface area contributed by atoms with Crippen LogP contribution in [0.5, 0.6) is 5.75 Å². The minimum Gasteiger partial charge on any atom is -0.490 e. The van der Waals surface area contributed by atoms with E-state index in [4.69, 9.17) is 4.74 Å². The molecule has 3 rings (SSSR count). The Morgan fingerprint density at radius 1 is 1.33 bits per heavy atom. The Bertz CT molecular complexity index is 835. The average Bonchev–Trinajstić information content (AvgIpc) is 2.67. The van der Waals surface area contributed by atoms with E-state index in [-0.39, 0.29) is 17.8 Å². The van der Waals surface area contributed by atoms with Crippen LogP contribution in [0.4, 0.5) is 10.1 Å². The monoisotopic (exact) mass is 368 g/mol. The lowest BCUT2D eigenvalue weighted by Gasteiger charge is -2.32. The molecule has 1 aliphatic rings. The SMILES string of the molecule is CCCN1CCOc2ccc(C(C)NC(=O)/C=C/c3ccccc3F)cc21. The van der Waals surface area contributed by atoms with Crippen LogP contribution in [0.25, 0.3) is 6.08 Å². The van der Waals surface area contributed by atoms with Gasteiger partial charge in [-0.1, -0.05) is 31.2 Å². The van der Waals surface area contributed by atoms with Crippen molar-refractivity contribution in [2.75, 3.05) is 24.6 Å². The quantitative estimate of drug-likeness (QED) is 0.772. The van der Waals surface area contributed by atoms with E-state index >= 15 is 0 Å². The van der Waals surface area contributed by atoms with Crippen molar-refractivity contribution < 1.29 is 13.9 Å². The largest absolute Gasteiger partial charge is 0.490 e. The van der Waals surface area contributed by atoms with Crippen LogP contribution in [0.1, 0.15) is 37.4 Å². The average molecular weight is 368 g/mol. The van der Waals surface area contributed by atoms with Gasteiger partial charge in [0.2, 0.25) is 5.91 Å². The molecule has 1 heterocycles. The van der Waals surface area contributed by atoms with Crippen LogP contribution in [0.15, 0.2) is 48.5 Å². The summed E-state index contributed by atoms with van der Waals surface area (Å²) in [5, 5.41) is 2.93. The molecule has 1 unspecified atom stereocenters. The van der Waals surface area contributed by atoms with E-state index in [1.165, 1.54) is 18.2 Å². The summed E-state index contributed by atoms with van der Waals surface area (Å²) in [4.78, 5) is 14.5. The molecule has 1 N–H and O–H groups in total. The summed E-state index contributed by atoms with van der Waals surface area (Å²) in [5.74, 6) is 0.280. The summed E-state index contributed by atoms with van der Waals surface area (Å²) in [6, 6.07) is 12.2. The molecule has 142 valence electrons. The molecule has 0 aromatic heterocycles. The van der Waals surface area contributed by atoms with Gasteiger partial charge < -0.3 is 15.0 Å². The number of carbonyl (C=O) groups excluding carboxylic acids is 1. The molecular weight excluding hydrogens is 343 g/mol. The number of ether oxygens (including phenoxy) is 1. The van der Waals surface area contributed by atoms with Crippen molar-refractivity contribution >= 4 is 17.7 Å². The predicted molar refractivity (Wildman–Crippen MR) is 106 cm³/mol. The fraction of sp³-hybridized carbons (Fsp3) is 0.318. The van der Waals surface area contributed by atoms with Crippen LogP contribution in [0, 0.1) is 5.82 Å². The molecule has 1 atom stereocenters. The molecule has 0 saturated carbocycles. The first-order chi connectivity index (χ1) is 13.1. The van der Waals surface area contributed by atoms with E-state index in [1.54, 1.807) is 18.2 Å². The lowest BCUT2D eigenvalue weighted by atomic mass is 10.1. The number of amides is 1. The molecule has 1 amide bonds. The van der Waals surface area contributed by atoms with Crippen LogP contribution in [0.3, 0.4) is 0 Å². The number of nitrogens with one attached hydrogen (secondary N) is 1. The van der Waals surface area contributed by atoms with Gasteiger partial charge in [-0.15, -0.1) is 0 Å². The third kappa shape index (κ3) is 4.67. The van der Waals surface area contributed by atoms with E-state index in [9.17, 15) is 9.18 Å². The molecule has 27 heavy (non-hydrogen) atoms. The number of halogens is 1. The normalized spacial score (nSPS) is 14.6. The van der Waals surface area contributed by atoms with Crippen LogP contribution >= 0.6 is 0 Å². The predicted octanol–water partition coefficient (Wildman–Crippen LogP) is 4.33. The van der Waals surface area contributed by atoms with Gasteiger partial charge in [0.05, 0.1) is 18.3 Å². The van der Waals surface area contributed by atoms with Gasteiger partial charge >= 0.3 is 0 Å². The Balaban J connectivity index is 1.69. The first-order valence-corrected chi connectivity index (χ1v) is 9.33. The van der Waals surface area contributed by atoms with E-state index < -0.39 is 0 Å². The van der Waals surface area contributed by atoms with Gasteiger partial charge in [-0.05, 0) is 43.2 Å². The number of fused-ring (bicyclic) bond motifs is 1. The van der Waals surface area contributed by atoms with Crippen molar-refractivity contribution in [3.63, 3.8) is 0 Å². The van der Waals surface area contributed by atoms with Crippen molar-refractivity contribution in [2.45, 2.75) is 26.3 Å². The maximum Gasteiger partial charge on any atom is 0.244 e. The van der Waals surface area contributed by atoms with E-state index in [0.717, 1.165) is 36.5 Å². The second-order valence-electron chi connectivity index (χ2n) is 6.65. The molecular formula is C22H25FN2O2. The maximum absolute atomic E-state index is 13.6. The Hall–Kier alpha value is -2.82. The molecule has 2 aromatic carbocycles. The zero-order valence-corrected chi connectivity index (χ0v) is 15.7. The van der Waals surface area contributed by atoms with Crippen molar-refractivity contribution in [3.05, 3.63) is 65.5 Å². The number of rotatable bonds is 6. The molecule has 0 radical (unpaired) electrons. The van der Waals surface area contributed by atoms with Crippen molar-refractivity contribution in [1.29, 1.82) is 0 Å². The summed E-state index contributed by atoms with van der Waals surface area (Å²) >= 11 is 0. The lowest BCUT2D eigenvalue weighted by Crippen LogP contribution is -2.33. The topological polar surface area (TPSA) is 41.6 Å². The summed E-state index contributed by atoms with van der Waals surface area (Å²) in [7, 11) is 0. The minimum atomic E-state index is -0.347. The number of benzene rings is 2. The second-order valence-corrected chi connectivity index (χ2v) is 6.65. The molecule has 0 spiro atoms. The summed E-state index contributed by atoms with van der Waals surface area (Å²) < 4.78 is 19.4. The van der Waals surface area contributed by atoms with Gasteiger partial charge in [0.15, 0.2) is 0 Å². The van der Waals surface area contributed by atoms with Gasteiger partial charge in [0, 0.05) is 18.2 Å². The number of hydrogen-bond donors (Lipinski definition) is 1. The highest BCUT2D eigenvalue weighted by molar-refractivity contribution is 5.92. The Morgan fingerprint density at radius 2 is 2.15 bits per heavy atom. The summed E-state index contributed by atoms with van der Waals surface area (Å²) in [6.45, 7) is 6.63. The zero-order valence-electron chi connectivity index (χ0n) is 15.7. The number of anilines is 1. The molecule has 4 nitrogen and oxygen atoms in total. The molecule has 0 aliphatic carbocycles. The van der Waals surface area contributed by atoms with Crippen LogP contribution < -0.4 is 15.0 Å². The molecule has 5 heteroatoms. The minimum absolute atomic E-state index is 0.168. The first-order valence-electron chi connectivity index (χ1n) is 9.33. The smallest absolute Gasteiger partial charge is 0.244 e. The molecule has 2 aromatic rings. The van der Waals surface area contributed by atoms with Crippen LogP contribution in [-0.2, 0) is 4.79 Å². The Morgan fingerprint density at radius 3 is 2.93 bits per heavy atom. The molecule has 0 fully saturated rings. The van der Waals surface area contributed by atoms with Gasteiger partial charge in [-0.2, -0.15) is 0 Å². The van der Waals surface area contributed by atoms with E-state index in [2.05, 4.69) is 23.2 Å². The number of hydrogen-bond acceptors (Lipinski definition) is 3. The summed E-state index contributed by atoms with van der Waals surface area (Å²) in [5.41, 5.74) is 2.47. The van der Waals surface area contributed by atoms with Crippen molar-refractivity contribution in [3.8, 4) is 5.75 Å². The molecule has 0 saturated heterocycles. The fourth-order valence-corrected chi connectivity index (χ4v) is 3.18. The number of carbonyl (C=O) groups is 1. The lowest BCUT2D eigenvalue weighted by molar-refractivity contribution is -0.117. The van der Waals surface area contributed by atoms with Crippen molar-refractivity contribution in [2.24, 2.45) is 0 Å². The Kier molecular flexibility index (Phi) is 6.12. The van der Waals surface area contributed by atoms with Crippen molar-refractivity contribution in [1.82, 2.24) is 5.32 Å². The number of nitrogens with zero attached hydrogens (tertiary/aromatic N) is 1. The fourth-order valence-electron chi connectivity index (χ4n) is 3.18. The van der Waals surface area contributed by atoms with Gasteiger partial charge in [-0.25, -0.2) is 4.39 Å². The Labute approximate surface area is 159 Å².